The summed E-state index contributed by atoms with van der Waals surface area (Å²) in [7, 11) is 0. The van der Waals surface area contributed by atoms with Gasteiger partial charge in [-0.1, -0.05) is 26.0 Å². The fourth-order valence-electron chi connectivity index (χ4n) is 2.75. The summed E-state index contributed by atoms with van der Waals surface area (Å²) < 4.78 is 11.2. The molecule has 0 aliphatic carbocycles. The van der Waals surface area contributed by atoms with E-state index in [0.717, 1.165) is 5.75 Å². The molecular formula is C18H25NO4. The minimum atomic E-state index is -0.443. The van der Waals surface area contributed by atoms with Crippen molar-refractivity contribution in [1.82, 2.24) is 4.90 Å². The number of nitrogens with zero attached hydrogens (tertiary/aromatic N) is 1. The molecule has 1 aromatic carbocycles. The lowest BCUT2D eigenvalue weighted by Crippen LogP contribution is -2.33. The second-order valence-corrected chi connectivity index (χ2v) is 6.17. The van der Waals surface area contributed by atoms with Crippen LogP contribution >= 0.6 is 0 Å². The molecule has 2 rings (SSSR count). The van der Waals surface area contributed by atoms with Gasteiger partial charge >= 0.3 is 5.97 Å². The molecule has 126 valence electrons. The van der Waals surface area contributed by atoms with Gasteiger partial charge in [0.1, 0.15) is 17.8 Å². The number of carbonyl (C=O) groups is 2. The molecule has 1 unspecified atom stereocenters. The van der Waals surface area contributed by atoms with Crippen LogP contribution in [-0.4, -0.2) is 42.6 Å². The van der Waals surface area contributed by atoms with E-state index in [-0.39, 0.29) is 18.0 Å². The van der Waals surface area contributed by atoms with Gasteiger partial charge in [0.15, 0.2) is 0 Å². The van der Waals surface area contributed by atoms with E-state index in [9.17, 15) is 9.59 Å². The summed E-state index contributed by atoms with van der Waals surface area (Å²) in [6, 6.07) is 7.87. The molecule has 1 saturated heterocycles. The summed E-state index contributed by atoms with van der Waals surface area (Å²) >= 11 is 0. The molecule has 23 heavy (non-hydrogen) atoms. The first kappa shape index (κ1) is 17.3. The highest BCUT2D eigenvalue weighted by atomic mass is 16.5. The zero-order valence-electron chi connectivity index (χ0n) is 14.2. The molecule has 2 atom stereocenters. The van der Waals surface area contributed by atoms with Crippen LogP contribution in [0.1, 0.15) is 39.2 Å². The lowest BCUT2D eigenvalue weighted by molar-refractivity contribution is -0.149. The molecule has 5 heteroatoms. The zero-order valence-corrected chi connectivity index (χ0v) is 14.2. The first-order valence-electron chi connectivity index (χ1n) is 8.11. The van der Waals surface area contributed by atoms with E-state index >= 15 is 0 Å². The Balaban J connectivity index is 2.15. The highest BCUT2D eigenvalue weighted by Gasteiger charge is 2.41. The third-order valence-corrected chi connectivity index (χ3v) is 4.11. The monoisotopic (exact) mass is 319 g/mol. The first-order valence-corrected chi connectivity index (χ1v) is 8.11. The molecule has 1 fully saturated rings. The lowest BCUT2D eigenvalue weighted by atomic mass is 10.0. The minimum Gasteiger partial charge on any atom is -0.488 e. The Kier molecular flexibility index (Phi) is 5.64. The van der Waals surface area contributed by atoms with Gasteiger partial charge in [-0.05, 0) is 30.5 Å². The maximum absolute atomic E-state index is 12.1. The molecule has 1 heterocycles. The van der Waals surface area contributed by atoms with Gasteiger partial charge in [0.25, 0.3) is 0 Å². The van der Waals surface area contributed by atoms with Gasteiger partial charge in [0.2, 0.25) is 5.91 Å². The molecule has 0 bridgehead atoms. The average Bonchev–Trinajstić information content (AvgIpc) is 2.92. The van der Waals surface area contributed by atoms with Gasteiger partial charge in [-0.2, -0.15) is 0 Å². The molecule has 0 spiro atoms. The van der Waals surface area contributed by atoms with E-state index in [1.807, 2.05) is 18.2 Å². The van der Waals surface area contributed by atoms with Crippen LogP contribution in [0.25, 0.3) is 0 Å². The third kappa shape index (κ3) is 4.24. The number of carbonyl (C=O) groups excluding carboxylic acids is 2. The Bertz CT molecular complexity index is 570. The molecule has 1 aliphatic rings. The summed E-state index contributed by atoms with van der Waals surface area (Å²) in [5.41, 5.74) is 1.18. The normalized spacial score (nSPS) is 20.7. The first-order chi connectivity index (χ1) is 10.9. The maximum atomic E-state index is 12.1. The number of benzene rings is 1. The summed E-state index contributed by atoms with van der Waals surface area (Å²) in [5.74, 6) is 0.321. The lowest BCUT2D eigenvalue weighted by Gasteiger charge is -2.19. The Morgan fingerprint density at radius 2 is 2.04 bits per heavy atom. The van der Waals surface area contributed by atoms with Crippen LogP contribution in [0.4, 0.5) is 0 Å². The van der Waals surface area contributed by atoms with Crippen molar-refractivity contribution in [2.24, 2.45) is 5.92 Å². The number of esters is 1. The predicted octanol–water partition coefficient (Wildman–Crippen LogP) is 2.60. The van der Waals surface area contributed by atoms with E-state index in [1.165, 1.54) is 12.5 Å². The van der Waals surface area contributed by atoms with E-state index in [4.69, 9.17) is 9.47 Å². The minimum absolute atomic E-state index is 0.0543. The molecule has 0 saturated carbocycles. The van der Waals surface area contributed by atoms with Crippen LogP contribution in [-0.2, 0) is 14.3 Å². The zero-order chi connectivity index (χ0) is 17.0. The van der Waals surface area contributed by atoms with Crippen molar-refractivity contribution in [3.05, 3.63) is 29.8 Å². The van der Waals surface area contributed by atoms with Crippen molar-refractivity contribution in [2.75, 3.05) is 19.7 Å². The molecule has 0 N–H and O–H groups in total. The van der Waals surface area contributed by atoms with Crippen molar-refractivity contribution in [1.29, 1.82) is 0 Å². The van der Waals surface area contributed by atoms with Gasteiger partial charge in [-0.25, -0.2) is 0 Å². The summed E-state index contributed by atoms with van der Waals surface area (Å²) in [5, 5.41) is 0. The van der Waals surface area contributed by atoms with Crippen molar-refractivity contribution >= 4 is 11.9 Å². The van der Waals surface area contributed by atoms with Crippen LogP contribution in [0.3, 0.4) is 0 Å². The van der Waals surface area contributed by atoms with Crippen LogP contribution < -0.4 is 4.74 Å². The number of likely N-dealkylation sites (tertiary alicyclic amines) is 1. The van der Waals surface area contributed by atoms with Gasteiger partial charge in [0.05, 0.1) is 13.2 Å². The molecule has 0 aromatic heterocycles. The van der Waals surface area contributed by atoms with Crippen LogP contribution in [0.5, 0.6) is 5.75 Å². The van der Waals surface area contributed by atoms with E-state index < -0.39 is 5.92 Å². The van der Waals surface area contributed by atoms with Gasteiger partial charge in [-0.15, -0.1) is 0 Å². The molecular weight excluding hydrogens is 294 g/mol. The van der Waals surface area contributed by atoms with Crippen LogP contribution in [0.15, 0.2) is 24.3 Å². The Morgan fingerprint density at radius 3 is 2.65 bits per heavy atom. The smallest absolute Gasteiger partial charge is 0.314 e. The standard InChI is InChI=1S/C18H25NO4/c1-5-22-18(21)16-10-19(13(4)20)11-17(16)23-15-8-6-7-14(9-15)12(2)3/h6-9,12,16-17H,5,10-11H2,1-4H3/t16-,17?/m0/s1. The van der Waals surface area contributed by atoms with Crippen molar-refractivity contribution < 1.29 is 19.1 Å². The fourth-order valence-corrected chi connectivity index (χ4v) is 2.75. The largest absolute Gasteiger partial charge is 0.488 e. The van der Waals surface area contributed by atoms with Crippen molar-refractivity contribution in [3.63, 3.8) is 0 Å². The number of ether oxygens (including phenoxy) is 2. The average molecular weight is 319 g/mol. The second-order valence-electron chi connectivity index (χ2n) is 6.17. The Morgan fingerprint density at radius 1 is 1.30 bits per heavy atom. The molecule has 0 radical (unpaired) electrons. The SMILES string of the molecule is CCOC(=O)[C@H]1CN(C(C)=O)CC1Oc1cccc(C(C)C)c1. The van der Waals surface area contributed by atoms with Crippen LogP contribution in [0, 0.1) is 5.92 Å². The Labute approximate surface area is 137 Å². The highest BCUT2D eigenvalue weighted by molar-refractivity contribution is 5.78. The number of hydrogen-bond donors (Lipinski definition) is 0. The molecule has 1 aliphatic heterocycles. The predicted molar refractivity (Wildman–Crippen MR) is 87.3 cm³/mol. The number of amides is 1. The van der Waals surface area contributed by atoms with Crippen molar-refractivity contribution in [2.45, 2.75) is 39.7 Å². The summed E-state index contributed by atoms with van der Waals surface area (Å²) in [4.78, 5) is 25.4. The quantitative estimate of drug-likeness (QED) is 0.783. The Hall–Kier alpha value is -2.04. The number of hydrogen-bond acceptors (Lipinski definition) is 4. The topological polar surface area (TPSA) is 55.8 Å². The van der Waals surface area contributed by atoms with Gasteiger partial charge in [0, 0.05) is 13.5 Å². The molecule has 1 aromatic rings. The van der Waals surface area contributed by atoms with Crippen molar-refractivity contribution in [3.8, 4) is 5.75 Å². The fraction of sp³-hybridized carbons (Fsp3) is 0.556. The van der Waals surface area contributed by atoms with Gasteiger partial charge < -0.3 is 14.4 Å². The van der Waals surface area contributed by atoms with E-state index in [1.54, 1.807) is 11.8 Å². The third-order valence-electron chi connectivity index (χ3n) is 4.11. The maximum Gasteiger partial charge on any atom is 0.314 e. The van der Waals surface area contributed by atoms with E-state index in [2.05, 4.69) is 19.9 Å². The van der Waals surface area contributed by atoms with E-state index in [0.29, 0.717) is 25.6 Å². The molecule has 5 nitrogen and oxygen atoms in total. The molecule has 1 amide bonds. The second kappa shape index (κ2) is 7.49. The summed E-state index contributed by atoms with van der Waals surface area (Å²) in [6.45, 7) is 8.60. The van der Waals surface area contributed by atoms with Crippen LogP contribution in [0.2, 0.25) is 0 Å². The van der Waals surface area contributed by atoms with Gasteiger partial charge in [-0.3, -0.25) is 9.59 Å². The number of rotatable bonds is 5. The highest BCUT2D eigenvalue weighted by Crippen LogP contribution is 2.26. The summed E-state index contributed by atoms with van der Waals surface area (Å²) in [6.07, 6.45) is -0.375.